The lowest BCUT2D eigenvalue weighted by molar-refractivity contribution is -0.141. The van der Waals surface area contributed by atoms with Crippen LogP contribution in [0.2, 0.25) is 0 Å². The number of rotatable bonds is 4. The highest BCUT2D eigenvalue weighted by Gasteiger charge is 2.43. The Morgan fingerprint density at radius 3 is 2.39 bits per heavy atom. The second-order valence-electron chi connectivity index (χ2n) is 9.69. The van der Waals surface area contributed by atoms with E-state index in [-0.39, 0.29) is 29.8 Å². The number of ether oxygens (including phenoxy) is 3. The first-order valence-corrected chi connectivity index (χ1v) is 11.4. The summed E-state index contributed by atoms with van der Waals surface area (Å²) in [4.78, 5) is 29.4. The van der Waals surface area contributed by atoms with Gasteiger partial charge in [-0.2, -0.15) is 13.2 Å². The van der Waals surface area contributed by atoms with Crippen molar-refractivity contribution < 1.29 is 37.0 Å². The topological polar surface area (TPSA) is 80.9 Å². The van der Waals surface area contributed by atoms with Crippen LogP contribution in [0, 0.1) is 0 Å². The Hall–Kier alpha value is -3.69. The molecule has 3 aromatic rings. The number of esters is 1. The minimum atomic E-state index is -4.86. The summed E-state index contributed by atoms with van der Waals surface area (Å²) in [6, 6.07) is 10.6. The lowest BCUT2D eigenvalue weighted by Gasteiger charge is -2.25. The molecule has 0 saturated carbocycles. The Balaban J connectivity index is 1.96. The number of halogens is 3. The Morgan fingerprint density at radius 1 is 1.14 bits per heavy atom. The first kappa shape index (κ1) is 25.4. The summed E-state index contributed by atoms with van der Waals surface area (Å²) >= 11 is 0. The van der Waals surface area contributed by atoms with E-state index in [0.717, 1.165) is 12.7 Å². The van der Waals surface area contributed by atoms with Crippen molar-refractivity contribution >= 4 is 28.7 Å². The maximum absolute atomic E-state index is 14.0. The van der Waals surface area contributed by atoms with E-state index in [1.54, 1.807) is 27.7 Å². The van der Waals surface area contributed by atoms with Crippen LogP contribution in [0.3, 0.4) is 0 Å². The molecular weight excluding hydrogens is 477 g/mol. The predicted molar refractivity (Wildman–Crippen MR) is 127 cm³/mol. The summed E-state index contributed by atoms with van der Waals surface area (Å²) < 4.78 is 58.4. The van der Waals surface area contributed by atoms with Crippen LogP contribution in [0.15, 0.2) is 36.4 Å². The van der Waals surface area contributed by atoms with Gasteiger partial charge >= 0.3 is 18.2 Å². The van der Waals surface area contributed by atoms with E-state index >= 15 is 0 Å². The van der Waals surface area contributed by atoms with Gasteiger partial charge in [0, 0.05) is 23.9 Å². The van der Waals surface area contributed by atoms with E-state index in [4.69, 9.17) is 14.2 Å². The number of aromatic amines is 1. The van der Waals surface area contributed by atoms with Gasteiger partial charge < -0.3 is 19.2 Å². The Labute approximate surface area is 206 Å². The lowest BCUT2D eigenvalue weighted by Crippen LogP contribution is -2.36. The Bertz CT molecular complexity index is 1310. The summed E-state index contributed by atoms with van der Waals surface area (Å²) in [5, 5.41) is 0.0216. The van der Waals surface area contributed by atoms with Crippen molar-refractivity contribution in [3.63, 3.8) is 0 Å². The Kier molecular flexibility index (Phi) is 6.40. The molecule has 1 atom stereocenters. The molecule has 0 fully saturated rings. The predicted octanol–water partition coefficient (Wildman–Crippen LogP) is 6.41. The highest BCUT2D eigenvalue weighted by molar-refractivity contribution is 6.12. The maximum Gasteiger partial charge on any atom is 0.432 e. The number of carbonyl (C=O) groups is 2. The van der Waals surface area contributed by atoms with Gasteiger partial charge in [-0.05, 0) is 31.9 Å². The van der Waals surface area contributed by atoms with Gasteiger partial charge in [-0.15, -0.1) is 0 Å². The molecule has 1 unspecified atom stereocenters. The third-order valence-corrected chi connectivity index (χ3v) is 5.82. The number of benzene rings is 2. The molecule has 1 aromatic heterocycles. The van der Waals surface area contributed by atoms with Crippen molar-refractivity contribution in [2.75, 3.05) is 18.6 Å². The van der Waals surface area contributed by atoms with E-state index in [0.29, 0.717) is 11.3 Å². The molecule has 1 aliphatic heterocycles. The summed E-state index contributed by atoms with van der Waals surface area (Å²) in [5.41, 5.74) is -1.12. The summed E-state index contributed by atoms with van der Waals surface area (Å²) in [6.07, 6.45) is -5.51. The molecule has 7 nitrogen and oxygen atoms in total. The van der Waals surface area contributed by atoms with Gasteiger partial charge in [0.15, 0.2) is 0 Å². The SMILES string of the molecule is COC(=O)c1c(C(F)(F)F)[nH]c2c(OCc3ccccc3)cc3c(c12)C(C)CN3C(=O)OC(C)(C)C. The first-order chi connectivity index (χ1) is 16.8. The standard InChI is InChI=1S/C26H27F3N2O5/c1-14-12-31(24(33)36-25(2,3)4)16-11-17(35-13-15-9-7-6-8-10-15)21-19(18(14)16)20(23(32)34-5)22(30-21)26(27,28)29/h6-11,14,30H,12-13H2,1-5H3. The zero-order valence-electron chi connectivity index (χ0n) is 20.6. The zero-order chi connectivity index (χ0) is 26.4. The van der Waals surface area contributed by atoms with Crippen LogP contribution in [-0.4, -0.2) is 36.3 Å². The van der Waals surface area contributed by atoms with E-state index in [1.165, 1.54) is 11.0 Å². The van der Waals surface area contributed by atoms with Crippen LogP contribution >= 0.6 is 0 Å². The number of hydrogen-bond donors (Lipinski definition) is 1. The second-order valence-corrected chi connectivity index (χ2v) is 9.69. The molecule has 0 bridgehead atoms. The van der Waals surface area contributed by atoms with Crippen LogP contribution in [0.5, 0.6) is 5.75 Å². The first-order valence-electron chi connectivity index (χ1n) is 11.4. The number of nitrogens with zero attached hydrogens (tertiary/aromatic N) is 1. The minimum absolute atomic E-state index is 0.00953. The highest BCUT2D eigenvalue weighted by Crippen LogP contribution is 2.49. The fourth-order valence-electron chi connectivity index (χ4n) is 4.40. The van der Waals surface area contributed by atoms with E-state index in [2.05, 4.69) is 4.98 Å². The van der Waals surface area contributed by atoms with Gasteiger partial charge in [0.1, 0.15) is 23.7 Å². The second kappa shape index (κ2) is 9.07. The summed E-state index contributed by atoms with van der Waals surface area (Å²) in [7, 11) is 1.02. The monoisotopic (exact) mass is 504 g/mol. The fourth-order valence-corrected chi connectivity index (χ4v) is 4.40. The smallest absolute Gasteiger partial charge is 0.432 e. The number of anilines is 1. The number of amides is 1. The number of fused-ring (bicyclic) bond motifs is 3. The number of nitrogens with one attached hydrogen (secondary N) is 1. The molecular formula is C26H27F3N2O5. The van der Waals surface area contributed by atoms with E-state index in [1.807, 2.05) is 30.3 Å². The van der Waals surface area contributed by atoms with Crippen molar-refractivity contribution in [3.8, 4) is 5.75 Å². The third kappa shape index (κ3) is 4.72. The molecule has 192 valence electrons. The van der Waals surface area contributed by atoms with Gasteiger partial charge in [-0.3, -0.25) is 4.90 Å². The molecule has 0 radical (unpaired) electrons. The number of aromatic nitrogens is 1. The van der Waals surface area contributed by atoms with Gasteiger partial charge in [0.25, 0.3) is 0 Å². The minimum Gasteiger partial charge on any atom is -0.487 e. The molecule has 1 N–H and O–H groups in total. The molecule has 0 saturated heterocycles. The molecule has 0 spiro atoms. The fraction of sp³-hybridized carbons (Fsp3) is 0.385. The lowest BCUT2D eigenvalue weighted by atomic mass is 9.95. The maximum atomic E-state index is 14.0. The van der Waals surface area contributed by atoms with Crippen molar-refractivity contribution in [3.05, 3.63) is 58.8 Å². The summed E-state index contributed by atoms with van der Waals surface area (Å²) in [6.45, 7) is 7.16. The Morgan fingerprint density at radius 2 is 1.81 bits per heavy atom. The highest BCUT2D eigenvalue weighted by atomic mass is 19.4. The number of carbonyl (C=O) groups excluding carboxylic acids is 2. The number of alkyl halides is 3. The van der Waals surface area contributed by atoms with Gasteiger partial charge in [-0.1, -0.05) is 37.3 Å². The molecule has 1 amide bonds. The van der Waals surface area contributed by atoms with Gasteiger partial charge in [-0.25, -0.2) is 9.59 Å². The van der Waals surface area contributed by atoms with Crippen LogP contribution in [0.4, 0.5) is 23.7 Å². The van der Waals surface area contributed by atoms with Crippen LogP contribution in [0.1, 0.15) is 60.8 Å². The van der Waals surface area contributed by atoms with Crippen molar-refractivity contribution in [2.45, 2.75) is 52.0 Å². The van der Waals surface area contributed by atoms with Crippen LogP contribution in [-0.2, 0) is 22.3 Å². The largest absolute Gasteiger partial charge is 0.487 e. The molecule has 2 aromatic carbocycles. The average Bonchev–Trinajstić information content (AvgIpc) is 3.35. The van der Waals surface area contributed by atoms with Crippen LogP contribution in [0.25, 0.3) is 10.9 Å². The summed E-state index contributed by atoms with van der Waals surface area (Å²) in [5.74, 6) is -1.46. The third-order valence-electron chi connectivity index (χ3n) is 5.82. The van der Waals surface area contributed by atoms with E-state index in [9.17, 15) is 22.8 Å². The zero-order valence-corrected chi connectivity index (χ0v) is 20.6. The molecule has 0 aliphatic carbocycles. The number of methoxy groups -OCH3 is 1. The molecule has 4 rings (SSSR count). The van der Waals surface area contributed by atoms with Crippen molar-refractivity contribution in [2.24, 2.45) is 0 Å². The quantitative estimate of drug-likeness (QED) is 0.415. The van der Waals surface area contributed by atoms with E-state index < -0.39 is 41.0 Å². The molecule has 2 heterocycles. The average molecular weight is 505 g/mol. The number of hydrogen-bond acceptors (Lipinski definition) is 5. The molecule has 36 heavy (non-hydrogen) atoms. The van der Waals surface area contributed by atoms with Crippen molar-refractivity contribution in [1.29, 1.82) is 0 Å². The number of H-pyrrole nitrogens is 1. The molecule has 10 heteroatoms. The van der Waals surface area contributed by atoms with Crippen molar-refractivity contribution in [1.82, 2.24) is 4.98 Å². The normalized spacial score (nSPS) is 15.7. The van der Waals surface area contributed by atoms with Crippen LogP contribution < -0.4 is 9.64 Å². The molecule has 1 aliphatic rings. The van der Waals surface area contributed by atoms with Gasteiger partial charge in [0.2, 0.25) is 0 Å². The van der Waals surface area contributed by atoms with Gasteiger partial charge in [0.05, 0.1) is 23.9 Å².